The number of halogens is 1. The second kappa shape index (κ2) is 9.77. The van der Waals surface area contributed by atoms with Gasteiger partial charge < -0.3 is 15.8 Å². The molecule has 9 heteroatoms. The number of nitrogens with one attached hydrogen (secondary N) is 2. The Kier molecular flexibility index (Phi) is 8.29. The molecule has 0 fully saturated rings. The zero-order valence-electron chi connectivity index (χ0n) is 16.1. The Morgan fingerprint density at radius 3 is 2.36 bits per heavy atom. The van der Waals surface area contributed by atoms with E-state index in [-0.39, 0.29) is 23.2 Å². The lowest BCUT2D eigenvalue weighted by Gasteiger charge is -2.19. The van der Waals surface area contributed by atoms with Gasteiger partial charge in [0, 0.05) is 23.3 Å². The second-order valence-corrected chi connectivity index (χ2v) is 8.44. The van der Waals surface area contributed by atoms with Gasteiger partial charge in [-0.15, -0.1) is 12.4 Å². The number of carbonyl (C=O) groups is 1. The average Bonchev–Trinajstić information content (AvgIpc) is 2.59. The van der Waals surface area contributed by atoms with Crippen molar-refractivity contribution in [1.29, 1.82) is 0 Å². The smallest absolute Gasteiger partial charge is 0.261 e. The minimum atomic E-state index is -3.78. The highest BCUT2D eigenvalue weighted by molar-refractivity contribution is 7.92. The summed E-state index contributed by atoms with van der Waals surface area (Å²) in [4.78, 5) is 12.3. The van der Waals surface area contributed by atoms with E-state index in [4.69, 9.17) is 10.5 Å². The molecule has 2 rings (SSSR count). The molecule has 1 amide bonds. The quantitative estimate of drug-likeness (QED) is 0.599. The number of benzene rings is 2. The second-order valence-electron chi connectivity index (χ2n) is 6.76. The lowest BCUT2D eigenvalue weighted by molar-refractivity contribution is 0.0946. The van der Waals surface area contributed by atoms with Crippen LogP contribution in [-0.4, -0.2) is 33.0 Å². The fourth-order valence-corrected chi connectivity index (χ4v) is 3.28. The van der Waals surface area contributed by atoms with E-state index < -0.39 is 15.6 Å². The first-order valence-electron chi connectivity index (χ1n) is 8.53. The van der Waals surface area contributed by atoms with E-state index >= 15 is 0 Å². The summed E-state index contributed by atoms with van der Waals surface area (Å²) in [7, 11) is -3.78. The molecule has 0 unspecified atom stereocenters. The number of rotatable bonds is 8. The van der Waals surface area contributed by atoms with Gasteiger partial charge in [-0.25, -0.2) is 8.42 Å². The lowest BCUT2D eigenvalue weighted by Crippen LogP contribution is -2.45. The fourth-order valence-electron chi connectivity index (χ4n) is 2.23. The minimum absolute atomic E-state index is 0. The first-order valence-corrected chi connectivity index (χ1v) is 10.0. The Balaban J connectivity index is 0.00000392. The fraction of sp³-hybridized carbons (Fsp3) is 0.316. The number of sulfonamides is 1. The molecule has 0 aliphatic heterocycles. The van der Waals surface area contributed by atoms with Crippen molar-refractivity contribution >= 4 is 34.0 Å². The highest BCUT2D eigenvalue weighted by atomic mass is 35.5. The Morgan fingerprint density at radius 2 is 1.79 bits per heavy atom. The molecule has 0 saturated heterocycles. The van der Waals surface area contributed by atoms with E-state index in [9.17, 15) is 13.2 Å². The Morgan fingerprint density at radius 1 is 1.14 bits per heavy atom. The van der Waals surface area contributed by atoms with Gasteiger partial charge in [0.2, 0.25) is 0 Å². The standard InChI is InChI=1S/C19H25N3O4S.ClH/c1-4-26-16-8-10-17(11-9-16)27(24,25)22-15-7-5-6-14(12-15)18(23)21-13-19(2,3)20;/h5-12,22H,4,13,20H2,1-3H3,(H,21,23);1H. The SMILES string of the molecule is CCOc1ccc(S(=O)(=O)Nc2cccc(C(=O)NCC(C)(C)N)c2)cc1.Cl. The van der Waals surface area contributed by atoms with Crippen LogP contribution < -0.4 is 20.5 Å². The van der Waals surface area contributed by atoms with E-state index in [0.717, 1.165) is 0 Å². The summed E-state index contributed by atoms with van der Waals surface area (Å²) < 4.78 is 32.9. The van der Waals surface area contributed by atoms with Crippen molar-refractivity contribution in [1.82, 2.24) is 5.32 Å². The molecule has 2 aromatic carbocycles. The highest BCUT2D eigenvalue weighted by Gasteiger charge is 2.16. The predicted octanol–water partition coefficient (Wildman–Crippen LogP) is 2.77. The van der Waals surface area contributed by atoms with Gasteiger partial charge in [0.05, 0.1) is 11.5 Å². The molecule has 0 heterocycles. The van der Waals surface area contributed by atoms with Gasteiger partial charge in [-0.2, -0.15) is 0 Å². The van der Waals surface area contributed by atoms with Crippen LogP contribution in [0, 0.1) is 0 Å². The normalized spacial score (nSPS) is 11.3. The molecule has 2 aromatic rings. The molecule has 0 aliphatic carbocycles. The lowest BCUT2D eigenvalue weighted by atomic mass is 10.1. The highest BCUT2D eigenvalue weighted by Crippen LogP contribution is 2.20. The van der Waals surface area contributed by atoms with E-state index in [1.165, 1.54) is 18.2 Å². The summed E-state index contributed by atoms with van der Waals surface area (Å²) in [5.41, 5.74) is 5.95. The predicted molar refractivity (Wildman–Crippen MR) is 113 cm³/mol. The third kappa shape index (κ3) is 7.03. The number of hydrogen-bond donors (Lipinski definition) is 3. The van der Waals surface area contributed by atoms with Crippen molar-refractivity contribution in [2.45, 2.75) is 31.2 Å². The number of anilines is 1. The van der Waals surface area contributed by atoms with Crippen LogP contribution in [0.4, 0.5) is 5.69 Å². The van der Waals surface area contributed by atoms with E-state index in [1.807, 2.05) is 6.92 Å². The monoisotopic (exact) mass is 427 g/mol. The van der Waals surface area contributed by atoms with Crippen molar-refractivity contribution in [2.75, 3.05) is 17.9 Å². The van der Waals surface area contributed by atoms with Crippen molar-refractivity contribution < 1.29 is 17.9 Å². The molecule has 154 valence electrons. The molecule has 28 heavy (non-hydrogen) atoms. The summed E-state index contributed by atoms with van der Waals surface area (Å²) in [6.45, 7) is 6.25. The molecule has 0 aliphatic rings. The number of hydrogen-bond acceptors (Lipinski definition) is 5. The van der Waals surface area contributed by atoms with Crippen molar-refractivity contribution in [2.24, 2.45) is 5.73 Å². The Hall–Kier alpha value is -2.29. The molecular formula is C19H26ClN3O4S. The van der Waals surface area contributed by atoms with Crippen molar-refractivity contribution in [3.8, 4) is 5.75 Å². The van der Waals surface area contributed by atoms with Gasteiger partial charge in [0.15, 0.2) is 0 Å². The third-order valence-corrected chi connectivity index (χ3v) is 4.92. The zero-order valence-corrected chi connectivity index (χ0v) is 17.7. The minimum Gasteiger partial charge on any atom is -0.494 e. The number of nitrogens with two attached hydrogens (primary N) is 1. The van der Waals surface area contributed by atoms with Crippen molar-refractivity contribution in [3.63, 3.8) is 0 Å². The maximum absolute atomic E-state index is 12.5. The maximum atomic E-state index is 12.5. The van der Waals surface area contributed by atoms with Gasteiger partial charge in [-0.3, -0.25) is 9.52 Å². The molecule has 0 aromatic heterocycles. The Bertz CT molecular complexity index is 894. The molecule has 0 radical (unpaired) electrons. The van der Waals surface area contributed by atoms with Crippen LogP contribution in [0.1, 0.15) is 31.1 Å². The topological polar surface area (TPSA) is 111 Å². The largest absolute Gasteiger partial charge is 0.494 e. The van der Waals surface area contributed by atoms with E-state index in [1.54, 1.807) is 44.2 Å². The molecular weight excluding hydrogens is 402 g/mol. The van der Waals surface area contributed by atoms with Crippen LogP contribution in [0.2, 0.25) is 0 Å². The van der Waals surface area contributed by atoms with Crippen LogP contribution in [0.15, 0.2) is 53.4 Å². The average molecular weight is 428 g/mol. The molecule has 4 N–H and O–H groups in total. The van der Waals surface area contributed by atoms with E-state index in [2.05, 4.69) is 10.0 Å². The molecule has 0 spiro atoms. The van der Waals surface area contributed by atoms with Gasteiger partial charge >= 0.3 is 0 Å². The van der Waals surface area contributed by atoms with Crippen LogP contribution in [0.25, 0.3) is 0 Å². The summed E-state index contributed by atoms with van der Waals surface area (Å²) in [6, 6.07) is 12.4. The summed E-state index contributed by atoms with van der Waals surface area (Å²) in [5, 5.41) is 2.72. The molecule has 0 saturated carbocycles. The first-order chi connectivity index (χ1) is 12.6. The van der Waals surface area contributed by atoms with Crippen molar-refractivity contribution in [3.05, 3.63) is 54.1 Å². The number of amides is 1. The van der Waals surface area contributed by atoms with Crippen LogP contribution in [-0.2, 0) is 10.0 Å². The molecule has 0 atom stereocenters. The summed E-state index contributed by atoms with van der Waals surface area (Å²) in [5.74, 6) is 0.272. The molecule has 0 bridgehead atoms. The van der Waals surface area contributed by atoms with Crippen LogP contribution in [0.3, 0.4) is 0 Å². The van der Waals surface area contributed by atoms with Gasteiger partial charge in [-0.1, -0.05) is 6.07 Å². The zero-order chi connectivity index (χ0) is 20.1. The maximum Gasteiger partial charge on any atom is 0.261 e. The van der Waals surface area contributed by atoms with Gasteiger partial charge in [-0.05, 0) is 63.2 Å². The van der Waals surface area contributed by atoms with Crippen LogP contribution in [0.5, 0.6) is 5.75 Å². The summed E-state index contributed by atoms with van der Waals surface area (Å²) >= 11 is 0. The number of ether oxygens (including phenoxy) is 1. The Labute approximate surface area is 172 Å². The number of carbonyl (C=O) groups excluding carboxylic acids is 1. The van der Waals surface area contributed by atoms with Crippen LogP contribution >= 0.6 is 12.4 Å². The molecule has 7 nitrogen and oxygen atoms in total. The third-order valence-electron chi connectivity index (χ3n) is 3.53. The van der Waals surface area contributed by atoms with E-state index in [0.29, 0.717) is 30.2 Å². The van der Waals surface area contributed by atoms with Gasteiger partial charge in [0.1, 0.15) is 5.75 Å². The summed E-state index contributed by atoms with van der Waals surface area (Å²) in [6.07, 6.45) is 0. The first kappa shape index (κ1) is 23.7. The van der Waals surface area contributed by atoms with Gasteiger partial charge in [0.25, 0.3) is 15.9 Å².